The molecule has 1 saturated heterocycles. The van der Waals surface area contributed by atoms with Gasteiger partial charge < -0.3 is 10.0 Å². The molecule has 1 N–H and O–H groups in total. The minimum absolute atomic E-state index is 0.383. The molecule has 92 valence electrons. The van der Waals surface area contributed by atoms with Gasteiger partial charge in [0.15, 0.2) is 0 Å². The van der Waals surface area contributed by atoms with Crippen LogP contribution in [0.2, 0.25) is 0 Å². The van der Waals surface area contributed by atoms with Crippen molar-refractivity contribution in [1.29, 1.82) is 0 Å². The molecular formula is C13H16BrNO2. The highest BCUT2D eigenvalue weighted by Crippen LogP contribution is 2.29. The number of aromatic carboxylic acids is 1. The first-order valence-electron chi connectivity index (χ1n) is 5.89. The molecule has 1 heterocycles. The molecule has 0 radical (unpaired) electrons. The Morgan fingerprint density at radius 3 is 2.88 bits per heavy atom. The van der Waals surface area contributed by atoms with Gasteiger partial charge in [0.2, 0.25) is 0 Å². The number of carbonyl (C=O) groups is 1. The minimum atomic E-state index is -0.862. The normalized spacial score (nSPS) is 20.4. The van der Waals surface area contributed by atoms with Gasteiger partial charge in [0, 0.05) is 17.1 Å². The molecule has 1 unspecified atom stereocenters. The van der Waals surface area contributed by atoms with Gasteiger partial charge in [-0.3, -0.25) is 0 Å². The molecule has 1 aliphatic rings. The Morgan fingerprint density at radius 1 is 1.47 bits per heavy atom. The Hall–Kier alpha value is -1.03. The number of nitrogens with zero attached hydrogens (tertiary/aromatic N) is 1. The number of piperidine rings is 1. The fourth-order valence-electron chi connectivity index (χ4n) is 2.39. The molecule has 1 aromatic carbocycles. The van der Waals surface area contributed by atoms with Gasteiger partial charge in [-0.25, -0.2) is 4.79 Å². The average Bonchev–Trinajstić information content (AvgIpc) is 2.30. The third-order valence-corrected chi connectivity index (χ3v) is 3.79. The molecule has 0 bridgehead atoms. The Morgan fingerprint density at radius 2 is 2.24 bits per heavy atom. The monoisotopic (exact) mass is 297 g/mol. The molecule has 2 rings (SSSR count). The van der Waals surface area contributed by atoms with Crippen molar-refractivity contribution >= 4 is 27.6 Å². The van der Waals surface area contributed by atoms with E-state index in [1.807, 2.05) is 12.1 Å². The maximum absolute atomic E-state index is 11.3. The lowest BCUT2D eigenvalue weighted by Gasteiger charge is -2.36. The van der Waals surface area contributed by atoms with E-state index in [1.165, 1.54) is 6.42 Å². The van der Waals surface area contributed by atoms with E-state index in [2.05, 4.69) is 27.8 Å². The van der Waals surface area contributed by atoms with Crippen LogP contribution in [0.25, 0.3) is 0 Å². The van der Waals surface area contributed by atoms with Crippen molar-refractivity contribution in [1.82, 2.24) is 0 Å². The van der Waals surface area contributed by atoms with Gasteiger partial charge in [-0.15, -0.1) is 0 Å². The van der Waals surface area contributed by atoms with Gasteiger partial charge in [-0.1, -0.05) is 15.9 Å². The van der Waals surface area contributed by atoms with Crippen molar-refractivity contribution < 1.29 is 9.90 Å². The predicted octanol–water partition coefficient (Wildman–Crippen LogP) is 3.53. The number of rotatable bonds is 2. The van der Waals surface area contributed by atoms with Crippen LogP contribution in [0.4, 0.5) is 5.69 Å². The van der Waals surface area contributed by atoms with Crippen molar-refractivity contribution in [3.8, 4) is 0 Å². The quantitative estimate of drug-likeness (QED) is 0.908. The lowest BCUT2D eigenvalue weighted by molar-refractivity contribution is 0.0697. The maximum Gasteiger partial charge on any atom is 0.337 e. The first kappa shape index (κ1) is 12.4. The average molecular weight is 298 g/mol. The van der Waals surface area contributed by atoms with E-state index in [9.17, 15) is 9.90 Å². The zero-order chi connectivity index (χ0) is 12.4. The zero-order valence-electron chi connectivity index (χ0n) is 9.82. The van der Waals surface area contributed by atoms with Crippen LogP contribution in [-0.4, -0.2) is 23.7 Å². The number of anilines is 1. The van der Waals surface area contributed by atoms with Gasteiger partial charge in [0.25, 0.3) is 0 Å². The highest BCUT2D eigenvalue weighted by atomic mass is 79.9. The predicted molar refractivity (Wildman–Crippen MR) is 71.8 cm³/mol. The SMILES string of the molecule is CC1CCCCN1c1ccc(Br)cc1C(=O)O. The summed E-state index contributed by atoms with van der Waals surface area (Å²) in [5.74, 6) is -0.862. The third kappa shape index (κ3) is 2.63. The molecule has 4 heteroatoms. The van der Waals surface area contributed by atoms with Crippen molar-refractivity contribution in [2.24, 2.45) is 0 Å². The molecular weight excluding hydrogens is 282 g/mol. The second-order valence-corrected chi connectivity index (χ2v) is 5.42. The molecule has 0 spiro atoms. The molecule has 1 atom stereocenters. The van der Waals surface area contributed by atoms with E-state index in [-0.39, 0.29) is 0 Å². The highest BCUT2D eigenvalue weighted by molar-refractivity contribution is 9.10. The summed E-state index contributed by atoms with van der Waals surface area (Å²) < 4.78 is 0.809. The molecule has 1 aliphatic heterocycles. The van der Waals surface area contributed by atoms with E-state index in [4.69, 9.17) is 0 Å². The summed E-state index contributed by atoms with van der Waals surface area (Å²) in [6, 6.07) is 5.90. The van der Waals surface area contributed by atoms with Crippen LogP contribution < -0.4 is 4.90 Å². The van der Waals surface area contributed by atoms with E-state index in [1.54, 1.807) is 6.07 Å². The molecule has 0 aromatic heterocycles. The zero-order valence-corrected chi connectivity index (χ0v) is 11.4. The summed E-state index contributed by atoms with van der Waals surface area (Å²) in [6.45, 7) is 3.11. The Kier molecular flexibility index (Phi) is 3.72. The van der Waals surface area contributed by atoms with Crippen molar-refractivity contribution in [2.45, 2.75) is 32.2 Å². The maximum atomic E-state index is 11.3. The topological polar surface area (TPSA) is 40.5 Å². The van der Waals surface area contributed by atoms with Crippen molar-refractivity contribution in [3.63, 3.8) is 0 Å². The molecule has 1 aromatic rings. The third-order valence-electron chi connectivity index (χ3n) is 3.30. The van der Waals surface area contributed by atoms with Crippen molar-refractivity contribution in [3.05, 3.63) is 28.2 Å². The summed E-state index contributed by atoms with van der Waals surface area (Å²) in [6.07, 6.45) is 3.51. The summed E-state index contributed by atoms with van der Waals surface area (Å²) >= 11 is 3.32. The Bertz CT molecular complexity index is 433. The van der Waals surface area contributed by atoms with Gasteiger partial charge in [-0.05, 0) is 44.4 Å². The number of carboxylic acid groups (broad SMARTS) is 1. The largest absolute Gasteiger partial charge is 0.478 e. The number of hydrogen-bond donors (Lipinski definition) is 1. The van der Waals surface area contributed by atoms with Crippen LogP contribution in [-0.2, 0) is 0 Å². The summed E-state index contributed by atoms with van der Waals surface area (Å²) in [7, 11) is 0. The van der Waals surface area contributed by atoms with E-state index >= 15 is 0 Å². The number of halogens is 1. The van der Waals surface area contributed by atoms with Crippen LogP contribution in [0.15, 0.2) is 22.7 Å². The molecule has 17 heavy (non-hydrogen) atoms. The van der Waals surface area contributed by atoms with E-state index < -0.39 is 5.97 Å². The van der Waals surface area contributed by atoms with E-state index in [0.29, 0.717) is 11.6 Å². The van der Waals surface area contributed by atoms with Crippen LogP contribution in [0.5, 0.6) is 0 Å². The first-order valence-corrected chi connectivity index (χ1v) is 6.68. The first-order chi connectivity index (χ1) is 8.09. The molecule has 1 fully saturated rings. The fourth-order valence-corrected chi connectivity index (χ4v) is 2.75. The van der Waals surface area contributed by atoms with Gasteiger partial charge in [-0.2, -0.15) is 0 Å². The second kappa shape index (κ2) is 5.08. The van der Waals surface area contributed by atoms with Crippen LogP contribution in [0.3, 0.4) is 0 Å². The van der Waals surface area contributed by atoms with Crippen molar-refractivity contribution in [2.75, 3.05) is 11.4 Å². The van der Waals surface area contributed by atoms with Crippen LogP contribution in [0, 0.1) is 0 Å². The lowest BCUT2D eigenvalue weighted by Crippen LogP contribution is -2.38. The Labute approximate surface area is 110 Å². The summed E-state index contributed by atoms with van der Waals surface area (Å²) in [5, 5.41) is 9.26. The second-order valence-electron chi connectivity index (χ2n) is 4.50. The van der Waals surface area contributed by atoms with Crippen LogP contribution in [0.1, 0.15) is 36.5 Å². The van der Waals surface area contributed by atoms with Gasteiger partial charge >= 0.3 is 5.97 Å². The molecule has 0 saturated carbocycles. The van der Waals surface area contributed by atoms with Crippen LogP contribution >= 0.6 is 15.9 Å². The fraction of sp³-hybridized carbons (Fsp3) is 0.462. The molecule has 0 amide bonds. The van der Waals surface area contributed by atoms with E-state index in [0.717, 1.165) is 29.5 Å². The smallest absolute Gasteiger partial charge is 0.337 e. The number of hydrogen-bond acceptors (Lipinski definition) is 2. The number of carboxylic acids is 1. The van der Waals surface area contributed by atoms with Gasteiger partial charge in [0.05, 0.1) is 11.3 Å². The number of benzene rings is 1. The summed E-state index contributed by atoms with van der Waals surface area (Å²) in [4.78, 5) is 13.5. The lowest BCUT2D eigenvalue weighted by atomic mass is 10.0. The molecule has 0 aliphatic carbocycles. The van der Waals surface area contributed by atoms with Gasteiger partial charge in [0.1, 0.15) is 0 Å². The Balaban J connectivity index is 2.39. The highest BCUT2D eigenvalue weighted by Gasteiger charge is 2.23. The minimum Gasteiger partial charge on any atom is -0.478 e. The standard InChI is InChI=1S/C13H16BrNO2/c1-9-4-2-3-7-15(9)12-6-5-10(14)8-11(12)13(16)17/h5-6,8-9H,2-4,7H2,1H3,(H,16,17). The molecule has 3 nitrogen and oxygen atoms in total. The summed E-state index contributed by atoms with van der Waals surface area (Å²) in [5.41, 5.74) is 1.22.